The molecule has 6 heteroatoms. The Labute approximate surface area is 163 Å². The highest BCUT2D eigenvalue weighted by molar-refractivity contribution is 6.31. The zero-order valence-electron chi connectivity index (χ0n) is 15.0. The predicted octanol–water partition coefficient (Wildman–Crippen LogP) is 4.50. The lowest BCUT2D eigenvalue weighted by Crippen LogP contribution is -2.35. The molecule has 1 fully saturated rings. The molecule has 0 unspecified atom stereocenters. The lowest BCUT2D eigenvalue weighted by molar-refractivity contribution is -0.126. The lowest BCUT2D eigenvalue weighted by atomic mass is 9.85. The van der Waals surface area contributed by atoms with E-state index in [1.165, 1.54) is 0 Å². The molecule has 5 nitrogen and oxygen atoms in total. The molecule has 1 amide bonds. The number of aromatic amines is 1. The average molecular weight is 383 g/mol. The van der Waals surface area contributed by atoms with Gasteiger partial charge in [0.1, 0.15) is 0 Å². The van der Waals surface area contributed by atoms with E-state index >= 15 is 0 Å². The van der Waals surface area contributed by atoms with Crippen LogP contribution < -0.4 is 10.6 Å². The third-order valence-electron chi connectivity index (χ3n) is 5.24. The van der Waals surface area contributed by atoms with Crippen molar-refractivity contribution < 1.29 is 4.79 Å². The first-order chi connectivity index (χ1) is 13.2. The van der Waals surface area contributed by atoms with Crippen LogP contribution in [0, 0.1) is 5.92 Å². The van der Waals surface area contributed by atoms with E-state index in [0.717, 1.165) is 48.2 Å². The largest absolute Gasteiger partial charge is 0.353 e. The molecule has 1 aromatic heterocycles. The quantitative estimate of drug-likeness (QED) is 0.608. The number of nitrogens with zero attached hydrogens (tertiary/aromatic N) is 1. The number of imidazole rings is 1. The summed E-state index contributed by atoms with van der Waals surface area (Å²) in [4.78, 5) is 20.4. The lowest BCUT2D eigenvalue weighted by Gasteiger charge is -2.28. The van der Waals surface area contributed by atoms with Gasteiger partial charge in [0.2, 0.25) is 11.9 Å². The predicted molar refractivity (Wildman–Crippen MR) is 109 cm³/mol. The van der Waals surface area contributed by atoms with Crippen molar-refractivity contribution in [2.75, 3.05) is 5.32 Å². The monoisotopic (exact) mass is 382 g/mol. The van der Waals surface area contributed by atoms with Gasteiger partial charge in [0.25, 0.3) is 0 Å². The van der Waals surface area contributed by atoms with Gasteiger partial charge in [-0.1, -0.05) is 41.9 Å². The van der Waals surface area contributed by atoms with Gasteiger partial charge < -0.3 is 15.6 Å². The van der Waals surface area contributed by atoms with Crippen LogP contribution in [-0.4, -0.2) is 21.9 Å². The SMILES string of the molecule is O=C(NCc1ccccc1Cl)[C@H]1CC[C@H](Nc2nc3ccccc3[nH]2)CC1. The van der Waals surface area contributed by atoms with Crippen LogP contribution in [0.15, 0.2) is 48.5 Å². The summed E-state index contributed by atoms with van der Waals surface area (Å²) in [5, 5.41) is 7.20. The van der Waals surface area contributed by atoms with Gasteiger partial charge in [0, 0.05) is 23.5 Å². The molecule has 1 aliphatic rings. The van der Waals surface area contributed by atoms with E-state index < -0.39 is 0 Å². The van der Waals surface area contributed by atoms with E-state index in [9.17, 15) is 4.79 Å². The summed E-state index contributed by atoms with van der Waals surface area (Å²) < 4.78 is 0. The minimum atomic E-state index is 0.0706. The van der Waals surface area contributed by atoms with Crippen LogP contribution in [0.4, 0.5) is 5.95 Å². The number of carbonyl (C=O) groups excluding carboxylic acids is 1. The van der Waals surface area contributed by atoms with E-state index in [2.05, 4.69) is 20.6 Å². The first-order valence-corrected chi connectivity index (χ1v) is 9.79. The van der Waals surface area contributed by atoms with Crippen molar-refractivity contribution in [2.24, 2.45) is 5.92 Å². The number of aromatic nitrogens is 2. The van der Waals surface area contributed by atoms with Crippen LogP contribution in [0.5, 0.6) is 0 Å². The average Bonchev–Trinajstić information content (AvgIpc) is 3.10. The highest BCUT2D eigenvalue weighted by Gasteiger charge is 2.26. The number of H-pyrrole nitrogens is 1. The molecule has 4 rings (SSSR count). The Morgan fingerprint density at radius 2 is 1.81 bits per heavy atom. The molecule has 27 heavy (non-hydrogen) atoms. The van der Waals surface area contributed by atoms with Crippen LogP contribution >= 0.6 is 11.6 Å². The smallest absolute Gasteiger partial charge is 0.223 e. The third kappa shape index (κ3) is 4.25. The summed E-state index contributed by atoms with van der Waals surface area (Å²) in [7, 11) is 0. The van der Waals surface area contributed by atoms with E-state index in [0.29, 0.717) is 17.6 Å². The molecule has 0 radical (unpaired) electrons. The standard InChI is InChI=1S/C21H23ClN4O/c22-17-6-2-1-5-15(17)13-23-20(27)14-9-11-16(12-10-14)24-21-25-18-7-3-4-8-19(18)26-21/h1-8,14,16H,9-13H2,(H,23,27)(H2,24,25,26)/t14-,16-. The van der Waals surface area contributed by atoms with Crippen LogP contribution in [-0.2, 0) is 11.3 Å². The fourth-order valence-electron chi connectivity index (χ4n) is 3.68. The summed E-state index contributed by atoms with van der Waals surface area (Å²) in [5.41, 5.74) is 2.95. The Morgan fingerprint density at radius 1 is 1.07 bits per heavy atom. The number of hydrogen-bond donors (Lipinski definition) is 3. The Morgan fingerprint density at radius 3 is 2.59 bits per heavy atom. The summed E-state index contributed by atoms with van der Waals surface area (Å²) >= 11 is 6.15. The Balaban J connectivity index is 1.27. The number of nitrogens with one attached hydrogen (secondary N) is 3. The molecule has 1 heterocycles. The van der Waals surface area contributed by atoms with Crippen LogP contribution in [0.25, 0.3) is 11.0 Å². The van der Waals surface area contributed by atoms with Crippen molar-refractivity contribution in [3.05, 3.63) is 59.1 Å². The molecule has 0 spiro atoms. The number of anilines is 1. The molecule has 2 aromatic carbocycles. The highest BCUT2D eigenvalue weighted by Crippen LogP contribution is 2.27. The van der Waals surface area contributed by atoms with Gasteiger partial charge in [-0.3, -0.25) is 4.79 Å². The van der Waals surface area contributed by atoms with Crippen molar-refractivity contribution in [3.63, 3.8) is 0 Å². The van der Waals surface area contributed by atoms with E-state index in [1.54, 1.807) is 0 Å². The van der Waals surface area contributed by atoms with Gasteiger partial charge in [0.15, 0.2) is 0 Å². The summed E-state index contributed by atoms with van der Waals surface area (Å²) in [5.74, 6) is 1.00. The second kappa shape index (κ2) is 8.01. The van der Waals surface area contributed by atoms with Gasteiger partial charge in [0.05, 0.1) is 11.0 Å². The third-order valence-corrected chi connectivity index (χ3v) is 5.61. The zero-order chi connectivity index (χ0) is 18.6. The van der Waals surface area contributed by atoms with Gasteiger partial charge in [-0.15, -0.1) is 0 Å². The Kier molecular flexibility index (Phi) is 5.30. The van der Waals surface area contributed by atoms with Gasteiger partial charge >= 0.3 is 0 Å². The number of para-hydroxylation sites is 2. The molecular formula is C21H23ClN4O. The molecule has 0 bridgehead atoms. The minimum Gasteiger partial charge on any atom is -0.353 e. The first-order valence-electron chi connectivity index (χ1n) is 9.41. The van der Waals surface area contributed by atoms with E-state index in [4.69, 9.17) is 11.6 Å². The van der Waals surface area contributed by atoms with Gasteiger partial charge in [-0.25, -0.2) is 4.98 Å². The molecule has 0 atom stereocenters. The second-order valence-electron chi connectivity index (χ2n) is 7.10. The van der Waals surface area contributed by atoms with Crippen molar-refractivity contribution in [1.29, 1.82) is 0 Å². The maximum absolute atomic E-state index is 12.5. The number of halogens is 1. The van der Waals surface area contributed by atoms with Gasteiger partial charge in [-0.2, -0.15) is 0 Å². The number of amides is 1. The molecular weight excluding hydrogens is 360 g/mol. The summed E-state index contributed by atoms with van der Waals surface area (Å²) in [6.07, 6.45) is 3.68. The van der Waals surface area contributed by atoms with Crippen LogP contribution in [0.1, 0.15) is 31.2 Å². The van der Waals surface area contributed by atoms with Crippen LogP contribution in [0.3, 0.4) is 0 Å². The van der Waals surface area contributed by atoms with Crippen molar-refractivity contribution in [1.82, 2.24) is 15.3 Å². The number of rotatable bonds is 5. The molecule has 0 saturated heterocycles. The molecule has 0 aliphatic heterocycles. The number of benzene rings is 2. The molecule has 3 aromatic rings. The van der Waals surface area contributed by atoms with Crippen molar-refractivity contribution in [2.45, 2.75) is 38.3 Å². The second-order valence-corrected chi connectivity index (χ2v) is 7.51. The first kappa shape index (κ1) is 17.9. The summed E-state index contributed by atoms with van der Waals surface area (Å²) in [6.45, 7) is 0.482. The topological polar surface area (TPSA) is 69.8 Å². The van der Waals surface area contributed by atoms with Crippen LogP contribution in [0.2, 0.25) is 5.02 Å². The number of carbonyl (C=O) groups is 1. The van der Waals surface area contributed by atoms with E-state index in [1.807, 2.05) is 48.5 Å². The molecule has 140 valence electrons. The highest BCUT2D eigenvalue weighted by atomic mass is 35.5. The number of fused-ring (bicyclic) bond motifs is 1. The summed E-state index contributed by atoms with van der Waals surface area (Å²) in [6, 6.07) is 16.0. The molecule has 1 saturated carbocycles. The van der Waals surface area contributed by atoms with E-state index in [-0.39, 0.29) is 11.8 Å². The molecule has 3 N–H and O–H groups in total. The van der Waals surface area contributed by atoms with Crippen molar-refractivity contribution >= 4 is 34.5 Å². The Hall–Kier alpha value is -2.53. The Bertz CT molecular complexity index is 898. The fourth-order valence-corrected chi connectivity index (χ4v) is 3.89. The van der Waals surface area contributed by atoms with Gasteiger partial charge in [-0.05, 0) is 49.4 Å². The fraction of sp³-hybridized carbons (Fsp3) is 0.333. The molecule has 1 aliphatic carbocycles. The zero-order valence-corrected chi connectivity index (χ0v) is 15.8. The maximum atomic E-state index is 12.5. The normalized spacial score (nSPS) is 19.7. The minimum absolute atomic E-state index is 0.0706. The van der Waals surface area contributed by atoms with Crippen molar-refractivity contribution in [3.8, 4) is 0 Å². The maximum Gasteiger partial charge on any atom is 0.223 e. The number of hydrogen-bond acceptors (Lipinski definition) is 3.